The number of hydrogen-bond donors (Lipinski definition) is 0. The van der Waals surface area contributed by atoms with Gasteiger partial charge in [-0.25, -0.2) is 4.79 Å². The monoisotopic (exact) mass is 405 g/mol. The molecule has 8 heteroatoms. The number of carbonyl (C=O) groups is 1. The van der Waals surface area contributed by atoms with Crippen LogP contribution in [0.4, 0.5) is 4.79 Å². The Morgan fingerprint density at radius 2 is 1.68 bits per heavy atom. The van der Waals surface area contributed by atoms with Crippen LogP contribution in [0, 0.1) is 6.92 Å². The summed E-state index contributed by atoms with van der Waals surface area (Å²) in [4.78, 5) is 13.8. The first-order chi connectivity index (χ1) is 13.4. The van der Waals surface area contributed by atoms with Gasteiger partial charge in [0.1, 0.15) is 18.8 Å². The summed E-state index contributed by atoms with van der Waals surface area (Å²) in [6.07, 6.45) is -1.91. The molecule has 7 nitrogen and oxygen atoms in total. The maximum absolute atomic E-state index is 12.5. The van der Waals surface area contributed by atoms with Crippen LogP contribution in [0.3, 0.4) is 0 Å². The van der Waals surface area contributed by atoms with Gasteiger partial charge in [-0.05, 0) is 24.6 Å². The minimum absolute atomic E-state index is 0.0667. The zero-order valence-electron chi connectivity index (χ0n) is 15.8. The number of nitrogens with zero attached hydrogens (tertiary/aromatic N) is 1. The first-order valence-corrected chi connectivity index (χ1v) is 10.3. The predicted octanol–water partition coefficient (Wildman–Crippen LogP) is 2.74. The lowest BCUT2D eigenvalue weighted by atomic mass is 10.2. The Bertz CT molecular complexity index is 898. The van der Waals surface area contributed by atoms with Crippen molar-refractivity contribution < 1.29 is 26.9 Å². The third-order valence-corrected chi connectivity index (χ3v) is 5.89. The summed E-state index contributed by atoms with van der Waals surface area (Å²) in [6.45, 7) is 2.27. The highest BCUT2D eigenvalue weighted by Crippen LogP contribution is 2.23. The molecule has 1 aliphatic heterocycles. The number of amides is 1. The molecular weight excluding hydrogens is 382 g/mol. The number of aryl methyl sites for hydroxylation is 1. The zero-order valence-corrected chi connectivity index (χ0v) is 16.6. The fraction of sp³-hybridized carbons (Fsp3) is 0.350. The Kier molecular flexibility index (Phi) is 6.33. The lowest BCUT2D eigenvalue weighted by Gasteiger charge is -2.17. The van der Waals surface area contributed by atoms with Crippen LogP contribution in [0.1, 0.15) is 11.1 Å². The summed E-state index contributed by atoms with van der Waals surface area (Å²) in [5.74, 6) is 0. The van der Waals surface area contributed by atoms with Crippen molar-refractivity contribution in [3.05, 3.63) is 65.7 Å². The molecule has 0 radical (unpaired) electrons. The summed E-state index contributed by atoms with van der Waals surface area (Å²) < 4.78 is 41.1. The topological polar surface area (TPSA) is 82.1 Å². The number of hydrogen-bond acceptors (Lipinski definition) is 6. The lowest BCUT2D eigenvalue weighted by Crippen LogP contribution is -2.31. The minimum atomic E-state index is -3.97. The van der Waals surface area contributed by atoms with Crippen molar-refractivity contribution in [3.63, 3.8) is 0 Å². The molecular formula is C20H23NO6S. The van der Waals surface area contributed by atoms with E-state index in [1.54, 1.807) is 12.1 Å². The Morgan fingerprint density at radius 3 is 2.32 bits per heavy atom. The molecule has 0 spiro atoms. The van der Waals surface area contributed by atoms with Gasteiger partial charge in [0.05, 0.1) is 18.0 Å². The predicted molar refractivity (Wildman–Crippen MR) is 102 cm³/mol. The molecule has 1 fully saturated rings. The van der Waals surface area contributed by atoms with Crippen molar-refractivity contribution >= 4 is 16.2 Å². The molecule has 0 bridgehead atoms. The van der Waals surface area contributed by atoms with Crippen molar-refractivity contribution in [2.24, 2.45) is 0 Å². The van der Waals surface area contributed by atoms with E-state index in [1.165, 1.54) is 24.1 Å². The van der Waals surface area contributed by atoms with E-state index in [0.29, 0.717) is 0 Å². The molecule has 0 unspecified atom stereocenters. The lowest BCUT2D eigenvalue weighted by molar-refractivity contribution is 0.0368. The summed E-state index contributed by atoms with van der Waals surface area (Å²) in [6, 6.07) is 15.7. The van der Waals surface area contributed by atoms with Crippen LogP contribution in [0.2, 0.25) is 0 Å². The van der Waals surface area contributed by atoms with Crippen molar-refractivity contribution in [3.8, 4) is 0 Å². The van der Waals surface area contributed by atoms with E-state index in [9.17, 15) is 13.2 Å². The van der Waals surface area contributed by atoms with E-state index in [0.717, 1.165) is 11.1 Å². The van der Waals surface area contributed by atoms with Crippen LogP contribution in [0.5, 0.6) is 0 Å². The zero-order chi connectivity index (χ0) is 20.1. The normalized spacial score (nSPS) is 19.6. The second-order valence-electron chi connectivity index (χ2n) is 6.62. The number of ether oxygens (including phenoxy) is 2. The highest BCUT2D eigenvalue weighted by Gasteiger charge is 2.40. The van der Waals surface area contributed by atoms with Crippen LogP contribution in [-0.2, 0) is 30.4 Å². The van der Waals surface area contributed by atoms with Crippen LogP contribution >= 0.6 is 0 Å². The number of benzene rings is 2. The summed E-state index contributed by atoms with van der Waals surface area (Å²) in [7, 11) is -2.51. The summed E-state index contributed by atoms with van der Waals surface area (Å²) in [5, 5.41) is 0. The third kappa shape index (κ3) is 4.89. The van der Waals surface area contributed by atoms with E-state index < -0.39 is 28.4 Å². The molecule has 1 amide bonds. The number of carbonyl (C=O) groups excluding carboxylic acids is 1. The molecule has 0 aromatic heterocycles. The number of likely N-dealkylation sites (tertiary alicyclic amines) is 1. The van der Waals surface area contributed by atoms with Crippen molar-refractivity contribution in [1.29, 1.82) is 0 Å². The van der Waals surface area contributed by atoms with Crippen LogP contribution in [0.25, 0.3) is 0 Å². The van der Waals surface area contributed by atoms with E-state index in [1.807, 2.05) is 37.3 Å². The fourth-order valence-electron chi connectivity index (χ4n) is 2.95. The highest BCUT2D eigenvalue weighted by atomic mass is 32.2. The van der Waals surface area contributed by atoms with Gasteiger partial charge in [-0.15, -0.1) is 0 Å². The summed E-state index contributed by atoms with van der Waals surface area (Å²) >= 11 is 0. The molecule has 2 aromatic rings. The van der Waals surface area contributed by atoms with Gasteiger partial charge in [0.25, 0.3) is 10.1 Å². The highest BCUT2D eigenvalue weighted by molar-refractivity contribution is 7.86. The minimum Gasteiger partial charge on any atom is -0.445 e. The molecule has 2 aromatic carbocycles. The Morgan fingerprint density at radius 1 is 1.04 bits per heavy atom. The molecule has 28 heavy (non-hydrogen) atoms. The van der Waals surface area contributed by atoms with Gasteiger partial charge in [0.2, 0.25) is 0 Å². The third-order valence-electron chi connectivity index (χ3n) is 4.54. The van der Waals surface area contributed by atoms with Gasteiger partial charge in [-0.2, -0.15) is 8.42 Å². The summed E-state index contributed by atoms with van der Waals surface area (Å²) in [5.41, 5.74) is 1.81. The van der Waals surface area contributed by atoms with Gasteiger partial charge in [-0.1, -0.05) is 48.0 Å². The average molecular weight is 405 g/mol. The van der Waals surface area contributed by atoms with Crippen LogP contribution in [0.15, 0.2) is 59.5 Å². The maximum Gasteiger partial charge on any atom is 0.410 e. The van der Waals surface area contributed by atoms with Gasteiger partial charge >= 0.3 is 6.09 Å². The first kappa shape index (κ1) is 20.3. The quantitative estimate of drug-likeness (QED) is 0.688. The SMILES string of the molecule is CO[C@H]1CN(C(=O)OCc2ccccc2)C[C@@H]1OS(=O)(=O)c1ccc(C)cc1. The Hall–Kier alpha value is -2.42. The van der Waals surface area contributed by atoms with E-state index >= 15 is 0 Å². The average Bonchev–Trinajstić information content (AvgIpc) is 3.09. The van der Waals surface area contributed by atoms with Crippen molar-refractivity contribution in [2.75, 3.05) is 20.2 Å². The van der Waals surface area contributed by atoms with Crippen molar-refractivity contribution in [2.45, 2.75) is 30.6 Å². The first-order valence-electron chi connectivity index (χ1n) is 8.87. The largest absolute Gasteiger partial charge is 0.445 e. The van der Waals surface area contributed by atoms with E-state index in [-0.39, 0.29) is 24.6 Å². The Balaban J connectivity index is 1.62. The van der Waals surface area contributed by atoms with E-state index in [4.69, 9.17) is 13.7 Å². The van der Waals surface area contributed by atoms with Gasteiger partial charge in [0, 0.05) is 7.11 Å². The molecule has 1 saturated heterocycles. The molecule has 2 atom stereocenters. The second-order valence-corrected chi connectivity index (χ2v) is 8.19. The molecule has 150 valence electrons. The maximum atomic E-state index is 12.5. The van der Waals surface area contributed by atoms with Gasteiger partial charge in [0.15, 0.2) is 0 Å². The number of rotatable bonds is 6. The number of methoxy groups -OCH3 is 1. The standard InChI is InChI=1S/C20H23NO6S/c1-15-8-10-17(11-9-15)28(23,24)27-19-13-21(12-18(19)25-2)20(22)26-14-16-6-4-3-5-7-16/h3-11,18-19H,12-14H2,1-2H3/t18-,19-/m0/s1. The van der Waals surface area contributed by atoms with Gasteiger partial charge in [-0.3, -0.25) is 4.18 Å². The molecule has 0 N–H and O–H groups in total. The van der Waals surface area contributed by atoms with Crippen LogP contribution in [-0.4, -0.2) is 51.8 Å². The molecule has 0 aliphatic carbocycles. The Labute approximate surface area is 164 Å². The molecule has 0 saturated carbocycles. The van der Waals surface area contributed by atoms with Crippen molar-refractivity contribution in [1.82, 2.24) is 4.90 Å². The van der Waals surface area contributed by atoms with Crippen LogP contribution < -0.4 is 0 Å². The smallest absolute Gasteiger partial charge is 0.410 e. The fourth-order valence-corrected chi connectivity index (χ4v) is 4.04. The molecule has 1 aliphatic rings. The molecule has 3 rings (SSSR count). The second kappa shape index (κ2) is 8.72. The van der Waals surface area contributed by atoms with Gasteiger partial charge < -0.3 is 14.4 Å². The van der Waals surface area contributed by atoms with E-state index in [2.05, 4.69) is 0 Å². The molecule has 1 heterocycles.